The predicted molar refractivity (Wildman–Crippen MR) is 39.5 cm³/mol. The molecule has 2 heteroatoms. The van der Waals surface area contributed by atoms with Crippen LogP contribution in [0.2, 0.25) is 0 Å². The van der Waals surface area contributed by atoms with E-state index >= 15 is 0 Å². The molecule has 0 aromatic carbocycles. The third-order valence-corrected chi connectivity index (χ3v) is 1.49. The minimum atomic E-state index is -0.349. The first-order chi connectivity index (χ1) is 4.31. The van der Waals surface area contributed by atoms with Gasteiger partial charge in [0.05, 0.1) is 0 Å². The Morgan fingerprint density at radius 3 is 1.60 bits per heavy atom. The van der Waals surface area contributed by atoms with Gasteiger partial charge in [-0.1, -0.05) is 20.8 Å². The Kier molecular flexibility index (Phi) is 1.57. The highest BCUT2D eigenvalue weighted by Gasteiger charge is 2.44. The normalized spacial score (nSPS) is 26.1. The van der Waals surface area contributed by atoms with Gasteiger partial charge in [0.2, 0.25) is 0 Å². The molecule has 0 spiro atoms. The van der Waals surface area contributed by atoms with Crippen LogP contribution in [0.1, 0.15) is 34.6 Å². The Morgan fingerprint density at radius 1 is 1.10 bits per heavy atom. The van der Waals surface area contributed by atoms with E-state index in [1.54, 1.807) is 0 Å². The molecule has 1 aliphatic rings. The average molecular weight is 144 g/mol. The lowest BCUT2D eigenvalue weighted by Gasteiger charge is -2.48. The van der Waals surface area contributed by atoms with Crippen molar-refractivity contribution >= 4 is 0 Å². The quantitative estimate of drug-likeness (QED) is 0.518. The van der Waals surface area contributed by atoms with Gasteiger partial charge in [0.15, 0.2) is 12.1 Å². The topological polar surface area (TPSA) is 18.5 Å². The molecule has 1 aliphatic heterocycles. The highest BCUT2D eigenvalue weighted by Crippen LogP contribution is 2.38. The van der Waals surface area contributed by atoms with Crippen molar-refractivity contribution in [2.24, 2.45) is 5.41 Å². The van der Waals surface area contributed by atoms with Crippen molar-refractivity contribution in [3.05, 3.63) is 0 Å². The molecular weight excluding hydrogens is 128 g/mol. The van der Waals surface area contributed by atoms with Crippen molar-refractivity contribution in [2.45, 2.75) is 46.7 Å². The first-order valence-corrected chi connectivity index (χ1v) is 3.67. The van der Waals surface area contributed by atoms with Gasteiger partial charge in [0, 0.05) is 5.41 Å². The number of hydrogen-bond acceptors (Lipinski definition) is 2. The molecule has 0 bridgehead atoms. The Morgan fingerprint density at radius 2 is 1.50 bits per heavy atom. The van der Waals surface area contributed by atoms with Crippen LogP contribution in [0, 0.1) is 5.41 Å². The van der Waals surface area contributed by atoms with Gasteiger partial charge in [-0.2, -0.15) is 0 Å². The SMILES string of the molecule is CC1(C)OC(C(C)(C)C)O1. The van der Waals surface area contributed by atoms with E-state index in [4.69, 9.17) is 9.47 Å². The standard InChI is InChI=1S/C8H16O2/c1-7(2,3)6-9-8(4,5)10-6/h6H,1-5H3. The van der Waals surface area contributed by atoms with Crippen LogP contribution in [0.15, 0.2) is 0 Å². The summed E-state index contributed by atoms with van der Waals surface area (Å²) in [6.07, 6.45) is -0.0255. The molecule has 0 atom stereocenters. The smallest absolute Gasteiger partial charge is 0.169 e. The molecule has 60 valence electrons. The van der Waals surface area contributed by atoms with Crippen molar-refractivity contribution in [1.29, 1.82) is 0 Å². The van der Waals surface area contributed by atoms with Crippen molar-refractivity contribution in [3.8, 4) is 0 Å². The lowest BCUT2D eigenvalue weighted by molar-refractivity contribution is -0.460. The second-order valence-electron chi connectivity index (χ2n) is 4.33. The molecule has 10 heavy (non-hydrogen) atoms. The van der Waals surface area contributed by atoms with Gasteiger partial charge < -0.3 is 9.47 Å². The maximum atomic E-state index is 5.47. The zero-order valence-electron chi connectivity index (χ0n) is 7.39. The molecule has 0 aliphatic carbocycles. The molecule has 1 rings (SSSR count). The molecule has 0 N–H and O–H groups in total. The van der Waals surface area contributed by atoms with Crippen LogP contribution in [0.5, 0.6) is 0 Å². The fraction of sp³-hybridized carbons (Fsp3) is 1.00. The molecule has 0 radical (unpaired) electrons. The Labute approximate surface area is 62.5 Å². The van der Waals surface area contributed by atoms with Gasteiger partial charge in [0.1, 0.15) is 0 Å². The molecule has 1 fully saturated rings. The van der Waals surface area contributed by atoms with Crippen LogP contribution in [0.25, 0.3) is 0 Å². The van der Waals surface area contributed by atoms with Gasteiger partial charge in [-0.15, -0.1) is 0 Å². The second kappa shape index (κ2) is 1.95. The van der Waals surface area contributed by atoms with Gasteiger partial charge in [-0.25, -0.2) is 0 Å². The Bertz CT molecular complexity index is 125. The summed E-state index contributed by atoms with van der Waals surface area (Å²) in [5.74, 6) is -0.349. The van der Waals surface area contributed by atoms with E-state index in [1.807, 2.05) is 13.8 Å². The molecule has 1 heterocycles. The van der Waals surface area contributed by atoms with Gasteiger partial charge >= 0.3 is 0 Å². The zero-order chi connectivity index (χ0) is 7.99. The predicted octanol–water partition coefficient (Wildman–Crippen LogP) is 2.14. The van der Waals surface area contributed by atoms with E-state index in [2.05, 4.69) is 20.8 Å². The summed E-state index contributed by atoms with van der Waals surface area (Å²) in [6.45, 7) is 10.2. The number of rotatable bonds is 0. The Balaban J connectivity index is 2.40. The van der Waals surface area contributed by atoms with Crippen LogP contribution in [-0.2, 0) is 9.47 Å². The summed E-state index contributed by atoms with van der Waals surface area (Å²) in [6, 6.07) is 0. The minimum absolute atomic E-state index is 0.0255. The third-order valence-electron chi connectivity index (χ3n) is 1.49. The summed E-state index contributed by atoms with van der Waals surface area (Å²) in [5, 5.41) is 0. The Hall–Kier alpha value is -0.0800. The maximum absolute atomic E-state index is 5.47. The molecule has 0 aromatic rings. The maximum Gasteiger partial charge on any atom is 0.169 e. The molecule has 0 amide bonds. The number of hydrogen-bond donors (Lipinski definition) is 0. The van der Waals surface area contributed by atoms with Gasteiger partial charge in [0.25, 0.3) is 0 Å². The monoisotopic (exact) mass is 144 g/mol. The van der Waals surface area contributed by atoms with Gasteiger partial charge in [-0.05, 0) is 13.8 Å². The fourth-order valence-corrected chi connectivity index (χ4v) is 0.878. The summed E-state index contributed by atoms with van der Waals surface area (Å²) >= 11 is 0. The van der Waals surface area contributed by atoms with Crippen molar-refractivity contribution in [1.82, 2.24) is 0 Å². The van der Waals surface area contributed by atoms with Crippen molar-refractivity contribution in [2.75, 3.05) is 0 Å². The van der Waals surface area contributed by atoms with E-state index in [9.17, 15) is 0 Å². The highest BCUT2D eigenvalue weighted by molar-refractivity contribution is 4.77. The van der Waals surface area contributed by atoms with E-state index < -0.39 is 0 Å². The molecule has 1 saturated heterocycles. The van der Waals surface area contributed by atoms with Crippen LogP contribution in [0.3, 0.4) is 0 Å². The van der Waals surface area contributed by atoms with Gasteiger partial charge in [-0.3, -0.25) is 0 Å². The lowest BCUT2D eigenvalue weighted by Crippen LogP contribution is -2.54. The van der Waals surface area contributed by atoms with Crippen molar-refractivity contribution in [3.63, 3.8) is 0 Å². The van der Waals surface area contributed by atoms with E-state index in [0.29, 0.717) is 0 Å². The van der Waals surface area contributed by atoms with E-state index in [1.165, 1.54) is 0 Å². The average Bonchev–Trinajstić information content (AvgIpc) is 1.56. The van der Waals surface area contributed by atoms with Crippen LogP contribution < -0.4 is 0 Å². The molecular formula is C8H16O2. The number of ether oxygens (including phenoxy) is 2. The summed E-state index contributed by atoms with van der Waals surface area (Å²) < 4.78 is 10.9. The fourth-order valence-electron chi connectivity index (χ4n) is 0.878. The van der Waals surface area contributed by atoms with E-state index in [0.717, 1.165) is 0 Å². The summed E-state index contributed by atoms with van der Waals surface area (Å²) in [4.78, 5) is 0. The minimum Gasteiger partial charge on any atom is -0.321 e. The lowest BCUT2D eigenvalue weighted by atomic mass is 9.94. The molecule has 2 nitrogen and oxygen atoms in total. The third kappa shape index (κ3) is 1.50. The summed E-state index contributed by atoms with van der Waals surface area (Å²) in [5.41, 5.74) is 0.107. The first kappa shape index (κ1) is 8.02. The van der Waals surface area contributed by atoms with E-state index in [-0.39, 0.29) is 17.5 Å². The van der Waals surface area contributed by atoms with Crippen LogP contribution in [-0.4, -0.2) is 12.1 Å². The van der Waals surface area contributed by atoms with Crippen LogP contribution >= 0.6 is 0 Å². The zero-order valence-corrected chi connectivity index (χ0v) is 7.39. The summed E-state index contributed by atoms with van der Waals surface area (Å²) in [7, 11) is 0. The first-order valence-electron chi connectivity index (χ1n) is 3.67. The second-order valence-corrected chi connectivity index (χ2v) is 4.33. The molecule has 0 saturated carbocycles. The van der Waals surface area contributed by atoms with Crippen LogP contribution in [0.4, 0.5) is 0 Å². The van der Waals surface area contributed by atoms with Crippen molar-refractivity contribution < 1.29 is 9.47 Å². The highest BCUT2D eigenvalue weighted by atomic mass is 16.9. The largest absolute Gasteiger partial charge is 0.321 e. The molecule has 0 unspecified atom stereocenters. The molecule has 0 aromatic heterocycles.